The zero-order valence-corrected chi connectivity index (χ0v) is 14.9. The van der Waals surface area contributed by atoms with Gasteiger partial charge in [-0.05, 0) is 98.5 Å². The molecule has 0 radical (unpaired) electrons. The van der Waals surface area contributed by atoms with Crippen molar-refractivity contribution in [2.75, 3.05) is 0 Å². The van der Waals surface area contributed by atoms with Gasteiger partial charge in [0.25, 0.3) is 0 Å². The van der Waals surface area contributed by atoms with Gasteiger partial charge in [-0.15, -0.1) is 0 Å². The van der Waals surface area contributed by atoms with E-state index in [1.54, 1.807) is 0 Å². The van der Waals surface area contributed by atoms with Gasteiger partial charge < -0.3 is 0 Å². The molecule has 0 aliphatic carbocycles. The zero-order valence-electron chi connectivity index (χ0n) is 13.3. The van der Waals surface area contributed by atoms with Crippen LogP contribution in [0.25, 0.3) is 43.1 Å². The normalized spacial score (nSPS) is 11.8. The first kappa shape index (κ1) is 14.0. The molecular weight excluding hydrogens is 356 g/mol. The summed E-state index contributed by atoms with van der Waals surface area (Å²) in [5, 5.41) is 10.4. The second-order valence-electron chi connectivity index (χ2n) is 6.59. The number of hydrogen-bond acceptors (Lipinski definition) is 0. The van der Waals surface area contributed by atoms with Gasteiger partial charge in [-0.25, -0.2) is 0 Å². The molecule has 0 heterocycles. The lowest BCUT2D eigenvalue weighted by atomic mass is 9.97. The summed E-state index contributed by atoms with van der Waals surface area (Å²) < 4.78 is 1.12. The third-order valence-electron chi connectivity index (χ3n) is 4.82. The lowest BCUT2D eigenvalue weighted by Gasteiger charge is -2.08. The minimum absolute atomic E-state index is 1.12. The van der Waals surface area contributed by atoms with Gasteiger partial charge in [0.1, 0.15) is 0 Å². The van der Waals surface area contributed by atoms with Crippen molar-refractivity contribution in [3.63, 3.8) is 0 Å². The molecule has 114 valence electrons. The Balaban J connectivity index is 1.88. The van der Waals surface area contributed by atoms with E-state index in [0.717, 1.165) is 4.47 Å². The predicted molar refractivity (Wildman–Crippen MR) is 109 cm³/mol. The second-order valence-corrected chi connectivity index (χ2v) is 7.51. The van der Waals surface area contributed by atoms with Crippen molar-refractivity contribution >= 4 is 59.0 Å². The smallest absolute Gasteiger partial charge is 0.0181 e. The van der Waals surface area contributed by atoms with E-state index in [-0.39, 0.29) is 0 Å². The van der Waals surface area contributed by atoms with Crippen LogP contribution in [0.3, 0.4) is 0 Å². The standard InChI is InChI=1S/C23H15Br/c1-14-2-3-15-7-18-10-19-8-16-4-5-23(24)13-22(16)12-21(19)11-20(18)9-17(15)6-14/h2-13H,1H3. The highest BCUT2D eigenvalue weighted by Crippen LogP contribution is 2.31. The molecule has 5 aromatic rings. The fourth-order valence-electron chi connectivity index (χ4n) is 3.59. The highest BCUT2D eigenvalue weighted by molar-refractivity contribution is 9.10. The number of halogens is 1. The highest BCUT2D eigenvalue weighted by Gasteiger charge is 2.04. The van der Waals surface area contributed by atoms with Gasteiger partial charge in [0, 0.05) is 4.47 Å². The molecule has 0 fully saturated rings. The van der Waals surface area contributed by atoms with Crippen LogP contribution in [0.2, 0.25) is 0 Å². The van der Waals surface area contributed by atoms with E-state index in [1.807, 2.05) is 0 Å². The topological polar surface area (TPSA) is 0 Å². The summed E-state index contributed by atoms with van der Waals surface area (Å²) in [4.78, 5) is 0. The number of fused-ring (bicyclic) bond motifs is 4. The third-order valence-corrected chi connectivity index (χ3v) is 5.32. The van der Waals surface area contributed by atoms with Crippen LogP contribution in [0, 0.1) is 6.92 Å². The zero-order chi connectivity index (χ0) is 16.3. The van der Waals surface area contributed by atoms with Crippen LogP contribution in [0.4, 0.5) is 0 Å². The molecule has 0 nitrogen and oxygen atoms in total. The first-order chi connectivity index (χ1) is 11.7. The maximum absolute atomic E-state index is 3.57. The van der Waals surface area contributed by atoms with Crippen LogP contribution in [0.5, 0.6) is 0 Å². The highest BCUT2D eigenvalue weighted by atomic mass is 79.9. The first-order valence-corrected chi connectivity index (χ1v) is 8.92. The summed E-state index contributed by atoms with van der Waals surface area (Å²) in [6.45, 7) is 2.15. The molecule has 0 saturated carbocycles. The van der Waals surface area contributed by atoms with Crippen molar-refractivity contribution in [3.8, 4) is 0 Å². The Kier molecular flexibility index (Phi) is 2.95. The van der Waals surface area contributed by atoms with E-state index >= 15 is 0 Å². The van der Waals surface area contributed by atoms with Crippen molar-refractivity contribution in [2.24, 2.45) is 0 Å². The van der Waals surface area contributed by atoms with Crippen LogP contribution in [-0.2, 0) is 0 Å². The molecule has 0 N–H and O–H groups in total. The van der Waals surface area contributed by atoms with E-state index in [1.165, 1.54) is 48.7 Å². The molecule has 0 aliphatic heterocycles. The summed E-state index contributed by atoms with van der Waals surface area (Å²) in [6.07, 6.45) is 0. The van der Waals surface area contributed by atoms with Crippen molar-refractivity contribution in [1.82, 2.24) is 0 Å². The minimum atomic E-state index is 1.12. The second kappa shape index (κ2) is 5.06. The third kappa shape index (κ3) is 2.20. The quantitative estimate of drug-likeness (QED) is 0.249. The van der Waals surface area contributed by atoms with Gasteiger partial charge in [0.2, 0.25) is 0 Å². The lowest BCUT2D eigenvalue weighted by molar-refractivity contribution is 1.51. The Morgan fingerprint density at radius 1 is 0.458 bits per heavy atom. The van der Waals surface area contributed by atoms with Crippen LogP contribution in [-0.4, -0.2) is 0 Å². The number of aryl methyl sites for hydroxylation is 1. The molecule has 0 aliphatic rings. The average Bonchev–Trinajstić information content (AvgIpc) is 2.56. The number of rotatable bonds is 0. The lowest BCUT2D eigenvalue weighted by Crippen LogP contribution is -1.81. The van der Waals surface area contributed by atoms with Crippen LogP contribution in [0.15, 0.2) is 77.3 Å². The molecule has 1 heteroatoms. The summed E-state index contributed by atoms with van der Waals surface area (Å²) in [5.41, 5.74) is 1.30. The Morgan fingerprint density at radius 3 is 1.46 bits per heavy atom. The van der Waals surface area contributed by atoms with Crippen LogP contribution in [0.1, 0.15) is 5.56 Å². The van der Waals surface area contributed by atoms with Gasteiger partial charge in [-0.1, -0.05) is 45.8 Å². The van der Waals surface area contributed by atoms with Crippen molar-refractivity contribution < 1.29 is 0 Å². The number of hydrogen-bond donors (Lipinski definition) is 0. The molecule has 0 unspecified atom stereocenters. The van der Waals surface area contributed by atoms with Crippen LogP contribution < -0.4 is 0 Å². The molecule has 24 heavy (non-hydrogen) atoms. The molecule has 5 rings (SSSR count). The molecular formula is C23H15Br. The van der Waals surface area contributed by atoms with Crippen molar-refractivity contribution in [3.05, 3.63) is 82.8 Å². The fraction of sp³-hybridized carbons (Fsp3) is 0.0435. The number of benzene rings is 5. The molecule has 0 spiro atoms. The summed E-state index contributed by atoms with van der Waals surface area (Å²) in [7, 11) is 0. The van der Waals surface area contributed by atoms with Gasteiger partial charge >= 0.3 is 0 Å². The summed E-state index contributed by atoms with van der Waals surface area (Å²) >= 11 is 3.57. The Labute approximate surface area is 148 Å². The Hall–Kier alpha value is -2.38. The fourth-order valence-corrected chi connectivity index (χ4v) is 3.97. The molecule has 0 aromatic heterocycles. The van der Waals surface area contributed by atoms with E-state index in [4.69, 9.17) is 0 Å². The SMILES string of the molecule is Cc1ccc2cc3cc4cc5ccc(Br)cc5cc4cc3cc2c1. The largest absolute Gasteiger partial charge is 0.0587 e. The average molecular weight is 371 g/mol. The van der Waals surface area contributed by atoms with Gasteiger partial charge in [0.15, 0.2) is 0 Å². The maximum atomic E-state index is 3.57. The van der Waals surface area contributed by atoms with Gasteiger partial charge in [-0.2, -0.15) is 0 Å². The maximum Gasteiger partial charge on any atom is 0.0181 e. The van der Waals surface area contributed by atoms with Crippen LogP contribution >= 0.6 is 15.9 Å². The minimum Gasteiger partial charge on any atom is -0.0587 e. The summed E-state index contributed by atoms with van der Waals surface area (Å²) in [6, 6.07) is 26.9. The van der Waals surface area contributed by atoms with Gasteiger partial charge in [0.05, 0.1) is 0 Å². The predicted octanol–water partition coefficient (Wildman–Crippen LogP) is 7.37. The van der Waals surface area contributed by atoms with E-state index < -0.39 is 0 Å². The molecule has 0 saturated heterocycles. The van der Waals surface area contributed by atoms with E-state index in [2.05, 4.69) is 95.7 Å². The molecule has 0 bridgehead atoms. The van der Waals surface area contributed by atoms with Crippen molar-refractivity contribution in [1.29, 1.82) is 0 Å². The van der Waals surface area contributed by atoms with Crippen molar-refractivity contribution in [2.45, 2.75) is 6.92 Å². The van der Waals surface area contributed by atoms with Gasteiger partial charge in [-0.3, -0.25) is 0 Å². The monoisotopic (exact) mass is 370 g/mol. The van der Waals surface area contributed by atoms with E-state index in [9.17, 15) is 0 Å². The molecule has 0 atom stereocenters. The molecule has 0 amide bonds. The first-order valence-electron chi connectivity index (χ1n) is 8.13. The van der Waals surface area contributed by atoms with E-state index in [0.29, 0.717) is 0 Å². The Morgan fingerprint density at radius 2 is 0.875 bits per heavy atom. The summed E-state index contributed by atoms with van der Waals surface area (Å²) in [5.74, 6) is 0. The molecule has 5 aromatic carbocycles. The Bertz CT molecular complexity index is 1170.